The number of phenols is 4. The Morgan fingerprint density at radius 3 is 2.22 bits per heavy atom. The van der Waals surface area contributed by atoms with Gasteiger partial charge in [-0.15, -0.1) is 0 Å². The maximum absolute atomic E-state index is 12.3. The van der Waals surface area contributed by atoms with Crippen molar-refractivity contribution in [2.24, 2.45) is 0 Å². The van der Waals surface area contributed by atoms with E-state index < -0.39 is 16.9 Å². The predicted octanol–water partition coefficient (Wildman–Crippen LogP) is 2.29. The fourth-order valence-electron chi connectivity index (χ4n) is 2.38. The van der Waals surface area contributed by atoms with E-state index in [1.165, 1.54) is 25.3 Å². The molecule has 23 heavy (non-hydrogen) atoms. The molecular formula is C16H12O7. The monoisotopic (exact) mass is 316 g/mol. The molecule has 3 aromatic rings. The van der Waals surface area contributed by atoms with Crippen molar-refractivity contribution in [1.82, 2.24) is 0 Å². The highest BCUT2D eigenvalue weighted by atomic mass is 16.5. The highest BCUT2D eigenvalue weighted by Gasteiger charge is 2.21. The first-order valence-corrected chi connectivity index (χ1v) is 6.52. The number of ether oxygens (including phenoxy) is 1. The second-order valence-electron chi connectivity index (χ2n) is 4.80. The van der Waals surface area contributed by atoms with Gasteiger partial charge in [-0.25, -0.2) is 0 Å². The van der Waals surface area contributed by atoms with Crippen molar-refractivity contribution in [3.63, 3.8) is 0 Å². The van der Waals surface area contributed by atoms with Crippen molar-refractivity contribution in [2.45, 2.75) is 0 Å². The van der Waals surface area contributed by atoms with Crippen molar-refractivity contribution < 1.29 is 29.6 Å². The first kappa shape index (κ1) is 14.6. The molecule has 0 bridgehead atoms. The molecule has 118 valence electrons. The molecule has 0 aliphatic carbocycles. The maximum Gasteiger partial charge on any atom is 0.204 e. The molecule has 7 nitrogen and oxygen atoms in total. The number of phenolic OH excluding ortho intramolecular Hbond substituents is 4. The Balaban J connectivity index is 2.45. The van der Waals surface area contributed by atoms with Crippen molar-refractivity contribution >= 4 is 11.0 Å². The number of benzene rings is 2. The third-order valence-electron chi connectivity index (χ3n) is 3.39. The number of hydrogen-bond acceptors (Lipinski definition) is 7. The van der Waals surface area contributed by atoms with Gasteiger partial charge in [-0.05, 0) is 12.1 Å². The van der Waals surface area contributed by atoms with E-state index in [1.54, 1.807) is 0 Å². The van der Waals surface area contributed by atoms with Gasteiger partial charge in [0.25, 0.3) is 0 Å². The highest BCUT2D eigenvalue weighted by molar-refractivity contribution is 5.92. The summed E-state index contributed by atoms with van der Waals surface area (Å²) in [5, 5.41) is 39.3. The number of aromatic hydroxyl groups is 4. The lowest BCUT2D eigenvalue weighted by molar-refractivity contribution is 0.367. The van der Waals surface area contributed by atoms with Crippen molar-refractivity contribution in [1.29, 1.82) is 0 Å². The zero-order valence-corrected chi connectivity index (χ0v) is 11.9. The van der Waals surface area contributed by atoms with Gasteiger partial charge in [-0.1, -0.05) is 6.07 Å². The van der Waals surface area contributed by atoms with E-state index in [-0.39, 0.29) is 39.5 Å². The van der Waals surface area contributed by atoms with Gasteiger partial charge in [-0.2, -0.15) is 0 Å². The van der Waals surface area contributed by atoms with Crippen LogP contribution in [0, 0.1) is 0 Å². The van der Waals surface area contributed by atoms with Gasteiger partial charge in [0.2, 0.25) is 5.75 Å². The molecule has 0 radical (unpaired) electrons. The number of methoxy groups -OCH3 is 1. The van der Waals surface area contributed by atoms with Crippen LogP contribution in [0.2, 0.25) is 0 Å². The van der Waals surface area contributed by atoms with Gasteiger partial charge in [0, 0.05) is 12.1 Å². The van der Waals surface area contributed by atoms with Crippen LogP contribution in [0.4, 0.5) is 0 Å². The molecule has 0 atom stereocenters. The minimum absolute atomic E-state index is 0.0867. The zero-order valence-electron chi connectivity index (χ0n) is 11.9. The topological polar surface area (TPSA) is 120 Å². The predicted molar refractivity (Wildman–Crippen MR) is 81.1 cm³/mol. The molecular weight excluding hydrogens is 304 g/mol. The molecule has 7 heteroatoms. The quantitative estimate of drug-likeness (QED) is 0.572. The van der Waals surface area contributed by atoms with E-state index in [1.807, 2.05) is 0 Å². The smallest absolute Gasteiger partial charge is 0.204 e. The summed E-state index contributed by atoms with van der Waals surface area (Å²) in [6.07, 6.45) is 0. The van der Waals surface area contributed by atoms with E-state index in [0.717, 1.165) is 12.1 Å². The summed E-state index contributed by atoms with van der Waals surface area (Å²) in [6, 6.07) is 6.04. The molecule has 0 aliphatic heterocycles. The second kappa shape index (κ2) is 5.13. The third kappa shape index (κ3) is 2.18. The first-order valence-electron chi connectivity index (χ1n) is 6.52. The molecule has 0 saturated carbocycles. The minimum Gasteiger partial charge on any atom is -0.507 e. The first-order chi connectivity index (χ1) is 10.9. The Bertz CT molecular complexity index is 952. The van der Waals surface area contributed by atoms with Gasteiger partial charge in [0.15, 0.2) is 16.8 Å². The zero-order chi connectivity index (χ0) is 16.7. The Morgan fingerprint density at radius 1 is 0.957 bits per heavy atom. The molecule has 1 heterocycles. The van der Waals surface area contributed by atoms with E-state index in [9.17, 15) is 25.2 Å². The highest BCUT2D eigenvalue weighted by Crippen LogP contribution is 2.42. The van der Waals surface area contributed by atoms with E-state index in [2.05, 4.69) is 0 Å². The van der Waals surface area contributed by atoms with Crippen LogP contribution in [-0.4, -0.2) is 27.5 Å². The summed E-state index contributed by atoms with van der Waals surface area (Å²) in [4.78, 5) is 12.3. The second-order valence-corrected chi connectivity index (χ2v) is 4.80. The van der Waals surface area contributed by atoms with Gasteiger partial charge >= 0.3 is 0 Å². The number of rotatable bonds is 2. The van der Waals surface area contributed by atoms with Gasteiger partial charge in [0.1, 0.15) is 34.0 Å². The van der Waals surface area contributed by atoms with Crippen molar-refractivity contribution in [3.05, 3.63) is 40.6 Å². The Kier molecular flexibility index (Phi) is 3.25. The van der Waals surface area contributed by atoms with E-state index >= 15 is 0 Å². The van der Waals surface area contributed by atoms with Gasteiger partial charge < -0.3 is 29.6 Å². The summed E-state index contributed by atoms with van der Waals surface area (Å²) in [5.41, 5.74) is -0.911. The molecule has 0 fully saturated rings. The Labute approximate surface area is 129 Å². The molecule has 4 N–H and O–H groups in total. The Morgan fingerprint density at radius 2 is 1.61 bits per heavy atom. The SMILES string of the molecule is COc1c(O)cc(O)c2c(=O)cc(-c3c(O)cccc3O)oc12. The maximum atomic E-state index is 12.3. The molecule has 0 spiro atoms. The summed E-state index contributed by atoms with van der Waals surface area (Å²) in [7, 11) is 1.26. The standard InChI is InChI=1S/C16H12O7/c1-22-15-11(21)5-9(19)14-10(20)6-12(23-16(14)15)13-7(17)3-2-4-8(13)18/h2-6,17-19,21H,1H3. The summed E-state index contributed by atoms with van der Waals surface area (Å²) >= 11 is 0. The third-order valence-corrected chi connectivity index (χ3v) is 3.39. The summed E-state index contributed by atoms with van der Waals surface area (Å²) in [5.74, 6) is -1.76. The van der Waals surface area contributed by atoms with Crippen molar-refractivity contribution in [3.8, 4) is 40.1 Å². The normalized spacial score (nSPS) is 10.8. The lowest BCUT2D eigenvalue weighted by Crippen LogP contribution is -2.02. The van der Waals surface area contributed by atoms with Crippen LogP contribution in [0.3, 0.4) is 0 Å². The van der Waals surface area contributed by atoms with Gasteiger partial charge in [0.05, 0.1) is 7.11 Å². The number of hydrogen-bond donors (Lipinski definition) is 4. The average Bonchev–Trinajstić information content (AvgIpc) is 2.46. The fraction of sp³-hybridized carbons (Fsp3) is 0.0625. The van der Waals surface area contributed by atoms with E-state index in [4.69, 9.17) is 9.15 Å². The van der Waals surface area contributed by atoms with Crippen LogP contribution in [0.15, 0.2) is 39.5 Å². The Hall–Kier alpha value is -3.35. The minimum atomic E-state index is -0.625. The summed E-state index contributed by atoms with van der Waals surface area (Å²) < 4.78 is 10.5. The van der Waals surface area contributed by atoms with Crippen LogP contribution in [0.5, 0.6) is 28.7 Å². The fourth-order valence-corrected chi connectivity index (χ4v) is 2.38. The molecule has 0 saturated heterocycles. The molecule has 0 unspecified atom stereocenters. The van der Waals surface area contributed by atoms with Crippen LogP contribution >= 0.6 is 0 Å². The van der Waals surface area contributed by atoms with Crippen LogP contribution in [-0.2, 0) is 0 Å². The van der Waals surface area contributed by atoms with Crippen molar-refractivity contribution in [2.75, 3.05) is 7.11 Å². The lowest BCUT2D eigenvalue weighted by atomic mass is 10.1. The van der Waals surface area contributed by atoms with E-state index in [0.29, 0.717) is 0 Å². The number of fused-ring (bicyclic) bond motifs is 1. The lowest BCUT2D eigenvalue weighted by Gasteiger charge is -2.11. The van der Waals surface area contributed by atoms with Crippen LogP contribution in [0.25, 0.3) is 22.3 Å². The van der Waals surface area contributed by atoms with Crippen LogP contribution in [0.1, 0.15) is 0 Å². The molecule has 0 amide bonds. The molecule has 2 aromatic carbocycles. The molecule has 0 aliphatic rings. The van der Waals surface area contributed by atoms with Gasteiger partial charge in [-0.3, -0.25) is 4.79 Å². The average molecular weight is 316 g/mol. The largest absolute Gasteiger partial charge is 0.507 e. The van der Waals surface area contributed by atoms with Crippen LogP contribution < -0.4 is 10.2 Å². The summed E-state index contributed by atoms with van der Waals surface area (Å²) in [6.45, 7) is 0. The molecule has 1 aromatic heterocycles. The molecule has 3 rings (SSSR count).